The molecule has 1 saturated heterocycles. The number of rotatable bonds is 3. The molecular formula is C17H32N2O6. The van der Waals surface area contributed by atoms with Crippen LogP contribution in [0.5, 0.6) is 0 Å². The number of hydrogen-bond donors (Lipinski definition) is 2. The highest BCUT2D eigenvalue weighted by Gasteiger charge is 2.27. The molecule has 25 heavy (non-hydrogen) atoms. The number of alkyl carbamates (subject to hydrolysis) is 1. The lowest BCUT2D eigenvalue weighted by atomic mass is 10.1. The highest BCUT2D eigenvalue weighted by atomic mass is 16.6. The van der Waals surface area contributed by atoms with Crippen LogP contribution < -0.4 is 5.32 Å². The molecule has 1 aliphatic rings. The third kappa shape index (κ3) is 11.4. The van der Waals surface area contributed by atoms with Crippen LogP contribution >= 0.6 is 0 Å². The number of carbonyl (C=O) groups is 3. The Hall–Kier alpha value is -1.83. The first-order valence-electron chi connectivity index (χ1n) is 8.56. The van der Waals surface area contributed by atoms with Crippen LogP contribution in [-0.4, -0.2) is 65.4 Å². The third-order valence-corrected chi connectivity index (χ3v) is 3.23. The fourth-order valence-corrected chi connectivity index (χ4v) is 2.11. The maximum absolute atomic E-state index is 12.1. The summed E-state index contributed by atoms with van der Waals surface area (Å²) in [7, 11) is 0. The number of ether oxygens (including phenoxy) is 2. The fourth-order valence-electron chi connectivity index (χ4n) is 2.11. The molecule has 1 atom stereocenters. The second kappa shape index (κ2) is 10.9. The molecule has 146 valence electrons. The Morgan fingerprint density at radius 1 is 1.24 bits per heavy atom. The van der Waals surface area contributed by atoms with E-state index in [2.05, 4.69) is 10.1 Å². The number of piperidine rings is 1. The Labute approximate surface area is 149 Å². The fraction of sp³-hybridized carbons (Fsp3) is 0.824. The Balaban J connectivity index is 0.000000823. The van der Waals surface area contributed by atoms with E-state index < -0.39 is 17.7 Å². The lowest BCUT2D eigenvalue weighted by molar-refractivity contribution is -0.140. The van der Waals surface area contributed by atoms with Crippen molar-refractivity contribution in [2.45, 2.75) is 72.1 Å². The van der Waals surface area contributed by atoms with Crippen LogP contribution in [0.25, 0.3) is 0 Å². The van der Waals surface area contributed by atoms with Gasteiger partial charge in [-0.1, -0.05) is 0 Å². The van der Waals surface area contributed by atoms with Gasteiger partial charge in [0, 0.05) is 20.0 Å². The molecule has 2 amide bonds. The van der Waals surface area contributed by atoms with Crippen molar-refractivity contribution in [3.05, 3.63) is 0 Å². The molecule has 1 heterocycles. The largest absolute Gasteiger partial charge is 0.466 e. The van der Waals surface area contributed by atoms with E-state index in [0.717, 1.165) is 0 Å². The van der Waals surface area contributed by atoms with Crippen molar-refractivity contribution in [2.75, 3.05) is 19.7 Å². The molecule has 0 radical (unpaired) electrons. The van der Waals surface area contributed by atoms with Crippen LogP contribution in [-0.2, 0) is 19.1 Å². The second-order valence-electron chi connectivity index (χ2n) is 6.85. The molecule has 0 aromatic heterocycles. The molecule has 0 aromatic carbocycles. The number of carbonyl (C=O) groups excluding carboxylic acids is 3. The van der Waals surface area contributed by atoms with Gasteiger partial charge in [-0.3, -0.25) is 9.59 Å². The summed E-state index contributed by atoms with van der Waals surface area (Å²) in [4.78, 5) is 35.1. The lowest BCUT2D eigenvalue weighted by Gasteiger charge is -2.32. The minimum atomic E-state index is -0.620. The Kier molecular flexibility index (Phi) is 10.1. The zero-order valence-corrected chi connectivity index (χ0v) is 16.1. The Bertz CT molecular complexity index is 439. The summed E-state index contributed by atoms with van der Waals surface area (Å²) in [6.45, 7) is 11.7. The number of amides is 2. The van der Waals surface area contributed by atoms with Gasteiger partial charge in [-0.2, -0.15) is 0 Å². The molecule has 0 bridgehead atoms. The molecule has 0 spiro atoms. The van der Waals surface area contributed by atoms with Crippen LogP contribution in [0.1, 0.15) is 54.4 Å². The molecule has 8 heteroatoms. The third-order valence-electron chi connectivity index (χ3n) is 3.23. The van der Waals surface area contributed by atoms with Crippen LogP contribution in [0.2, 0.25) is 0 Å². The van der Waals surface area contributed by atoms with E-state index in [1.165, 1.54) is 6.92 Å². The summed E-state index contributed by atoms with van der Waals surface area (Å²) in [5.41, 5.74) is -0.581. The van der Waals surface area contributed by atoms with Gasteiger partial charge < -0.3 is 24.8 Å². The predicted octanol–water partition coefficient (Wildman–Crippen LogP) is 1.45. The summed E-state index contributed by atoms with van der Waals surface area (Å²) >= 11 is 0. The summed E-state index contributed by atoms with van der Waals surface area (Å²) in [5.74, 6) is -0.352. The molecular weight excluding hydrogens is 328 g/mol. The van der Waals surface area contributed by atoms with Gasteiger partial charge in [0.25, 0.3) is 0 Å². The van der Waals surface area contributed by atoms with Crippen molar-refractivity contribution in [1.29, 1.82) is 0 Å². The molecule has 0 aromatic rings. The van der Waals surface area contributed by atoms with E-state index in [-0.39, 0.29) is 18.0 Å². The van der Waals surface area contributed by atoms with Crippen molar-refractivity contribution in [3.63, 3.8) is 0 Å². The number of esters is 1. The topological polar surface area (TPSA) is 105 Å². The van der Waals surface area contributed by atoms with Gasteiger partial charge in [-0.25, -0.2) is 4.79 Å². The molecule has 0 saturated carbocycles. The molecule has 1 rings (SSSR count). The van der Waals surface area contributed by atoms with Gasteiger partial charge in [-0.15, -0.1) is 0 Å². The van der Waals surface area contributed by atoms with Crippen molar-refractivity contribution >= 4 is 18.0 Å². The average molecular weight is 360 g/mol. The number of likely N-dealkylation sites (tertiary alicyclic amines) is 1. The number of aliphatic hydroxyl groups excluding tert-OH is 1. The first-order chi connectivity index (χ1) is 11.5. The Morgan fingerprint density at radius 3 is 2.12 bits per heavy atom. The van der Waals surface area contributed by atoms with Gasteiger partial charge >= 0.3 is 12.1 Å². The first-order valence-corrected chi connectivity index (χ1v) is 8.56. The SMILES string of the molecule is CC(NC(=O)OC(C)(C)C)C(=O)N1CCC(O)CC1.CCOC(C)=O. The normalized spacial score (nSPS) is 16.2. The maximum atomic E-state index is 12.1. The average Bonchev–Trinajstić information content (AvgIpc) is 2.45. The van der Waals surface area contributed by atoms with Crippen LogP contribution in [0.3, 0.4) is 0 Å². The minimum absolute atomic E-state index is 0.141. The molecule has 2 N–H and O–H groups in total. The molecule has 1 fully saturated rings. The quantitative estimate of drug-likeness (QED) is 0.738. The summed E-state index contributed by atoms with van der Waals surface area (Å²) in [5, 5.41) is 11.9. The lowest BCUT2D eigenvalue weighted by Crippen LogP contribution is -2.50. The van der Waals surface area contributed by atoms with E-state index in [1.807, 2.05) is 0 Å². The highest BCUT2D eigenvalue weighted by Crippen LogP contribution is 2.11. The number of aliphatic hydroxyl groups is 1. The van der Waals surface area contributed by atoms with E-state index in [0.29, 0.717) is 32.5 Å². The van der Waals surface area contributed by atoms with Crippen molar-refractivity contribution in [2.24, 2.45) is 0 Å². The van der Waals surface area contributed by atoms with Crippen molar-refractivity contribution < 1.29 is 29.0 Å². The van der Waals surface area contributed by atoms with Crippen molar-refractivity contribution in [1.82, 2.24) is 10.2 Å². The van der Waals surface area contributed by atoms with Crippen LogP contribution in [0, 0.1) is 0 Å². The van der Waals surface area contributed by atoms with Gasteiger partial charge in [0.1, 0.15) is 11.6 Å². The summed E-state index contributed by atoms with van der Waals surface area (Å²) in [6.07, 6.45) is 0.263. The van der Waals surface area contributed by atoms with E-state index >= 15 is 0 Å². The first kappa shape index (κ1) is 23.2. The zero-order valence-electron chi connectivity index (χ0n) is 16.1. The summed E-state index contributed by atoms with van der Waals surface area (Å²) < 4.78 is 9.50. The van der Waals surface area contributed by atoms with Crippen LogP contribution in [0.4, 0.5) is 4.79 Å². The predicted molar refractivity (Wildman–Crippen MR) is 93.0 cm³/mol. The van der Waals surface area contributed by atoms with Crippen molar-refractivity contribution in [3.8, 4) is 0 Å². The molecule has 0 aliphatic carbocycles. The van der Waals surface area contributed by atoms with Gasteiger partial charge in [-0.05, 0) is 47.5 Å². The Morgan fingerprint density at radius 2 is 1.76 bits per heavy atom. The van der Waals surface area contributed by atoms with Gasteiger partial charge in [0.05, 0.1) is 12.7 Å². The second-order valence-corrected chi connectivity index (χ2v) is 6.85. The standard InChI is InChI=1S/C13H24N2O4.C4H8O2/c1-9(14-12(18)19-13(2,3)4)11(17)15-7-5-10(16)6-8-15;1-3-6-4(2)5/h9-10,16H,5-8H2,1-4H3,(H,14,18);3H2,1-2H3. The molecule has 1 unspecified atom stereocenters. The van der Waals surface area contributed by atoms with E-state index in [4.69, 9.17) is 4.74 Å². The van der Waals surface area contributed by atoms with Crippen LogP contribution in [0.15, 0.2) is 0 Å². The molecule has 8 nitrogen and oxygen atoms in total. The van der Waals surface area contributed by atoms with Gasteiger partial charge in [0.15, 0.2) is 0 Å². The smallest absolute Gasteiger partial charge is 0.408 e. The summed E-state index contributed by atoms with van der Waals surface area (Å²) in [6, 6.07) is -0.620. The number of nitrogens with zero attached hydrogens (tertiary/aromatic N) is 1. The highest BCUT2D eigenvalue weighted by molar-refractivity contribution is 5.85. The zero-order chi connectivity index (χ0) is 19.6. The van der Waals surface area contributed by atoms with E-state index in [1.54, 1.807) is 39.5 Å². The van der Waals surface area contributed by atoms with Gasteiger partial charge in [0.2, 0.25) is 5.91 Å². The number of hydrogen-bond acceptors (Lipinski definition) is 6. The van der Waals surface area contributed by atoms with E-state index in [9.17, 15) is 19.5 Å². The maximum Gasteiger partial charge on any atom is 0.408 e. The number of nitrogens with one attached hydrogen (secondary N) is 1. The monoisotopic (exact) mass is 360 g/mol. The molecule has 1 aliphatic heterocycles. The minimum Gasteiger partial charge on any atom is -0.466 e.